The molecule has 0 aliphatic carbocycles. The molecule has 0 heterocycles. The smallest absolute Gasteiger partial charge is 0.311 e. The zero-order chi connectivity index (χ0) is 13.7. The van der Waals surface area contributed by atoms with E-state index >= 15 is 0 Å². The second kappa shape index (κ2) is 6.14. The molecular formula is C13H17NO4. The van der Waals surface area contributed by atoms with Gasteiger partial charge in [-0.3, -0.25) is 14.9 Å². The highest BCUT2D eigenvalue weighted by atomic mass is 16.6. The van der Waals surface area contributed by atoms with Gasteiger partial charge in [0.2, 0.25) is 0 Å². The molecule has 0 saturated heterocycles. The van der Waals surface area contributed by atoms with E-state index in [4.69, 9.17) is 0 Å². The van der Waals surface area contributed by atoms with Crippen molar-refractivity contribution in [3.05, 3.63) is 39.9 Å². The first-order valence-corrected chi connectivity index (χ1v) is 5.98. The molecule has 0 aliphatic heterocycles. The van der Waals surface area contributed by atoms with Crippen LogP contribution in [0.15, 0.2) is 24.3 Å². The molecule has 1 N–H and O–H groups in total. The minimum atomic E-state index is -0.877. The van der Waals surface area contributed by atoms with E-state index in [-0.39, 0.29) is 11.6 Å². The van der Waals surface area contributed by atoms with Crippen LogP contribution in [0.1, 0.15) is 38.2 Å². The van der Waals surface area contributed by atoms with Gasteiger partial charge in [0.25, 0.3) is 5.69 Å². The van der Waals surface area contributed by atoms with Crippen LogP contribution in [0, 0.1) is 16.0 Å². The standard InChI is InChI=1S/C13H17NO4/c1-3-9(4-2)12(13(15)16)10-5-7-11(8-6-10)14(17)18/h5-9,12H,3-4H2,1-2H3,(H,15,16). The number of benzene rings is 1. The molecule has 0 saturated carbocycles. The van der Waals surface area contributed by atoms with Crippen LogP contribution in [0.25, 0.3) is 0 Å². The summed E-state index contributed by atoms with van der Waals surface area (Å²) >= 11 is 0. The van der Waals surface area contributed by atoms with E-state index in [2.05, 4.69) is 0 Å². The summed E-state index contributed by atoms with van der Waals surface area (Å²) in [5.41, 5.74) is 0.606. The SMILES string of the molecule is CCC(CC)C(C(=O)O)c1ccc([N+](=O)[O-])cc1. The topological polar surface area (TPSA) is 80.4 Å². The maximum atomic E-state index is 11.3. The highest BCUT2D eigenvalue weighted by Gasteiger charge is 2.27. The molecule has 0 fully saturated rings. The van der Waals surface area contributed by atoms with Crippen molar-refractivity contribution in [3.63, 3.8) is 0 Å². The highest BCUT2D eigenvalue weighted by Crippen LogP contribution is 2.30. The van der Waals surface area contributed by atoms with Gasteiger partial charge in [-0.1, -0.05) is 38.8 Å². The van der Waals surface area contributed by atoms with E-state index in [1.54, 1.807) is 0 Å². The molecule has 18 heavy (non-hydrogen) atoms. The van der Waals surface area contributed by atoms with E-state index in [0.717, 1.165) is 12.8 Å². The Hall–Kier alpha value is -1.91. The molecule has 0 spiro atoms. The fourth-order valence-electron chi connectivity index (χ4n) is 2.18. The molecule has 1 aromatic rings. The minimum absolute atomic E-state index is 0.0209. The van der Waals surface area contributed by atoms with Gasteiger partial charge in [-0.05, 0) is 11.5 Å². The van der Waals surface area contributed by atoms with Gasteiger partial charge in [-0.15, -0.1) is 0 Å². The van der Waals surface area contributed by atoms with Crippen LogP contribution in [-0.2, 0) is 4.79 Å². The lowest BCUT2D eigenvalue weighted by atomic mass is 9.82. The molecule has 0 aromatic heterocycles. The van der Waals surface area contributed by atoms with Gasteiger partial charge in [-0.2, -0.15) is 0 Å². The average Bonchev–Trinajstić information content (AvgIpc) is 2.35. The van der Waals surface area contributed by atoms with Gasteiger partial charge >= 0.3 is 5.97 Å². The first kappa shape index (κ1) is 14.2. The third kappa shape index (κ3) is 3.06. The summed E-state index contributed by atoms with van der Waals surface area (Å²) in [4.78, 5) is 21.4. The van der Waals surface area contributed by atoms with Crippen molar-refractivity contribution in [2.75, 3.05) is 0 Å². The van der Waals surface area contributed by atoms with Crippen molar-refractivity contribution in [2.24, 2.45) is 5.92 Å². The lowest BCUT2D eigenvalue weighted by molar-refractivity contribution is -0.384. The van der Waals surface area contributed by atoms with Crippen LogP contribution in [-0.4, -0.2) is 16.0 Å². The van der Waals surface area contributed by atoms with Gasteiger partial charge in [0.1, 0.15) is 0 Å². The van der Waals surface area contributed by atoms with Crippen molar-refractivity contribution in [3.8, 4) is 0 Å². The van der Waals surface area contributed by atoms with E-state index < -0.39 is 16.8 Å². The first-order chi connectivity index (χ1) is 8.51. The monoisotopic (exact) mass is 251 g/mol. The molecule has 5 nitrogen and oxygen atoms in total. The lowest BCUT2D eigenvalue weighted by Gasteiger charge is -2.21. The summed E-state index contributed by atoms with van der Waals surface area (Å²) in [6, 6.07) is 5.78. The third-order valence-electron chi connectivity index (χ3n) is 3.25. The van der Waals surface area contributed by atoms with Crippen molar-refractivity contribution in [2.45, 2.75) is 32.6 Å². The van der Waals surface area contributed by atoms with Crippen LogP contribution in [0.4, 0.5) is 5.69 Å². The van der Waals surface area contributed by atoms with Crippen LogP contribution in [0.3, 0.4) is 0 Å². The van der Waals surface area contributed by atoms with E-state index in [1.807, 2.05) is 13.8 Å². The number of nitrogens with zero attached hydrogens (tertiary/aromatic N) is 1. The van der Waals surface area contributed by atoms with Gasteiger partial charge in [0, 0.05) is 12.1 Å². The largest absolute Gasteiger partial charge is 0.481 e. The number of carbonyl (C=O) groups is 1. The van der Waals surface area contributed by atoms with Crippen molar-refractivity contribution >= 4 is 11.7 Å². The van der Waals surface area contributed by atoms with Gasteiger partial charge in [0.05, 0.1) is 10.8 Å². The Morgan fingerprint density at radius 1 is 1.28 bits per heavy atom. The van der Waals surface area contributed by atoms with Gasteiger partial charge in [-0.25, -0.2) is 0 Å². The molecule has 0 bridgehead atoms. The highest BCUT2D eigenvalue weighted by molar-refractivity contribution is 5.76. The molecule has 1 aromatic carbocycles. The Balaban J connectivity index is 3.06. The molecule has 98 valence electrons. The molecule has 0 radical (unpaired) electrons. The quantitative estimate of drug-likeness (QED) is 0.621. The Morgan fingerprint density at radius 3 is 2.11 bits per heavy atom. The van der Waals surface area contributed by atoms with Crippen LogP contribution in [0.5, 0.6) is 0 Å². The van der Waals surface area contributed by atoms with Crippen molar-refractivity contribution in [1.29, 1.82) is 0 Å². The minimum Gasteiger partial charge on any atom is -0.481 e. The number of rotatable bonds is 6. The van der Waals surface area contributed by atoms with Crippen LogP contribution >= 0.6 is 0 Å². The molecule has 5 heteroatoms. The summed E-state index contributed by atoms with van der Waals surface area (Å²) in [5.74, 6) is -1.43. The van der Waals surface area contributed by atoms with Gasteiger partial charge < -0.3 is 5.11 Å². The van der Waals surface area contributed by atoms with E-state index in [9.17, 15) is 20.0 Å². The number of aliphatic carboxylic acids is 1. The third-order valence-corrected chi connectivity index (χ3v) is 3.25. The molecule has 1 atom stereocenters. The Bertz CT molecular complexity index is 423. The molecule has 0 amide bonds. The van der Waals surface area contributed by atoms with Crippen LogP contribution in [0.2, 0.25) is 0 Å². The maximum absolute atomic E-state index is 11.3. The molecule has 1 unspecified atom stereocenters. The Labute approximate surface area is 106 Å². The summed E-state index contributed by atoms with van der Waals surface area (Å²) in [5, 5.41) is 19.9. The Kier molecular flexibility index (Phi) is 4.83. The number of carboxylic acid groups (broad SMARTS) is 1. The van der Waals surface area contributed by atoms with Crippen molar-refractivity contribution < 1.29 is 14.8 Å². The first-order valence-electron chi connectivity index (χ1n) is 5.98. The normalized spacial score (nSPS) is 12.4. The molecular weight excluding hydrogens is 234 g/mol. The average molecular weight is 251 g/mol. The molecule has 1 rings (SSSR count). The summed E-state index contributed by atoms with van der Waals surface area (Å²) in [6.07, 6.45) is 1.54. The molecule has 0 aliphatic rings. The Morgan fingerprint density at radius 2 is 1.78 bits per heavy atom. The zero-order valence-corrected chi connectivity index (χ0v) is 10.5. The second-order valence-corrected chi connectivity index (χ2v) is 4.24. The summed E-state index contributed by atoms with van der Waals surface area (Å²) in [7, 11) is 0. The summed E-state index contributed by atoms with van der Waals surface area (Å²) in [6.45, 7) is 3.91. The number of carboxylic acids is 1. The fraction of sp³-hybridized carbons (Fsp3) is 0.462. The zero-order valence-electron chi connectivity index (χ0n) is 10.5. The van der Waals surface area contributed by atoms with E-state index in [1.165, 1.54) is 24.3 Å². The van der Waals surface area contributed by atoms with Gasteiger partial charge in [0.15, 0.2) is 0 Å². The van der Waals surface area contributed by atoms with Crippen LogP contribution < -0.4 is 0 Å². The predicted molar refractivity (Wildman–Crippen MR) is 67.5 cm³/mol. The fourth-order valence-corrected chi connectivity index (χ4v) is 2.18. The second-order valence-electron chi connectivity index (χ2n) is 4.24. The number of nitro benzene ring substituents is 1. The number of hydrogen-bond donors (Lipinski definition) is 1. The predicted octanol–water partition coefficient (Wildman–Crippen LogP) is 3.20. The lowest BCUT2D eigenvalue weighted by Crippen LogP contribution is -2.20. The summed E-state index contributed by atoms with van der Waals surface area (Å²) < 4.78 is 0. The number of non-ortho nitro benzene ring substituents is 1. The maximum Gasteiger partial charge on any atom is 0.311 e. The van der Waals surface area contributed by atoms with Crippen molar-refractivity contribution in [1.82, 2.24) is 0 Å². The number of hydrogen-bond acceptors (Lipinski definition) is 3. The number of nitro groups is 1. The van der Waals surface area contributed by atoms with E-state index in [0.29, 0.717) is 5.56 Å².